The molecule has 2 unspecified atom stereocenters. The molecule has 0 saturated carbocycles. The predicted molar refractivity (Wildman–Crippen MR) is 191 cm³/mol. The lowest BCUT2D eigenvalue weighted by molar-refractivity contribution is 0.292. The number of phenols is 1. The molecule has 0 amide bonds. The highest BCUT2D eigenvalue weighted by molar-refractivity contribution is 6.05. The molecule has 2 aliphatic rings. The fourth-order valence-electron chi connectivity index (χ4n) is 7.12. The van der Waals surface area contributed by atoms with Gasteiger partial charge in [0.2, 0.25) is 0 Å². The number of halogens is 2. The van der Waals surface area contributed by atoms with Crippen LogP contribution in [0.1, 0.15) is 36.0 Å². The van der Waals surface area contributed by atoms with E-state index in [1.165, 1.54) is 50.4 Å². The van der Waals surface area contributed by atoms with Gasteiger partial charge in [-0.3, -0.25) is 10.7 Å². The number of hydrazine groups is 1. The van der Waals surface area contributed by atoms with Crippen LogP contribution in [0.2, 0.25) is 0 Å². The molecule has 6 aromatic rings. The van der Waals surface area contributed by atoms with Crippen molar-refractivity contribution in [2.45, 2.75) is 44.9 Å². The third-order valence-electron chi connectivity index (χ3n) is 9.43. The molecule has 6 heterocycles. The van der Waals surface area contributed by atoms with Crippen LogP contribution in [0.3, 0.4) is 0 Å². The third-order valence-corrected chi connectivity index (χ3v) is 9.43. The Balaban J connectivity index is 0.000000389. The van der Waals surface area contributed by atoms with Gasteiger partial charge in [-0.15, -0.1) is 0 Å². The second kappa shape index (κ2) is 13.8. The molecule has 0 bridgehead atoms. The van der Waals surface area contributed by atoms with Crippen LogP contribution in [0, 0.1) is 12.7 Å². The zero-order chi connectivity index (χ0) is 35.8. The van der Waals surface area contributed by atoms with Gasteiger partial charge in [0.25, 0.3) is 0 Å². The summed E-state index contributed by atoms with van der Waals surface area (Å²) >= 11 is 0. The van der Waals surface area contributed by atoms with Crippen molar-refractivity contribution in [3.05, 3.63) is 87.9 Å². The maximum atomic E-state index is 15.2. The number of benzene rings is 2. The van der Waals surface area contributed by atoms with E-state index in [0.717, 1.165) is 29.6 Å². The normalized spacial score (nSPS) is 17.5. The molecule has 2 saturated heterocycles. The molecule has 8 rings (SSSR count). The summed E-state index contributed by atoms with van der Waals surface area (Å²) in [5, 5.41) is 15.5. The molecule has 0 radical (unpaired) electrons. The van der Waals surface area contributed by atoms with Gasteiger partial charge < -0.3 is 35.7 Å². The summed E-state index contributed by atoms with van der Waals surface area (Å²) in [5.74, 6) is 4.89. The number of ether oxygens (including phenoxy) is 1. The molecule has 51 heavy (non-hydrogen) atoms. The summed E-state index contributed by atoms with van der Waals surface area (Å²) in [5.41, 5.74) is 10.2. The molecule has 2 fully saturated rings. The van der Waals surface area contributed by atoms with E-state index in [4.69, 9.17) is 20.7 Å². The number of aryl methyl sites for hydroxylation is 1. The van der Waals surface area contributed by atoms with Crippen LogP contribution in [0.25, 0.3) is 49.7 Å². The lowest BCUT2D eigenvalue weighted by Gasteiger charge is -2.16. The van der Waals surface area contributed by atoms with E-state index in [-0.39, 0.29) is 51.1 Å². The Labute approximate surface area is 290 Å². The first-order valence-corrected chi connectivity index (χ1v) is 16.5. The lowest BCUT2D eigenvalue weighted by atomic mass is 9.93. The van der Waals surface area contributed by atoms with Crippen LogP contribution < -0.4 is 32.7 Å². The highest BCUT2D eigenvalue weighted by Gasteiger charge is 2.34. The number of hydrogen-bond acceptors (Lipinski definition) is 12. The summed E-state index contributed by atoms with van der Waals surface area (Å²) in [7, 11) is 1.41. The van der Waals surface area contributed by atoms with Crippen molar-refractivity contribution in [3.63, 3.8) is 0 Å². The molecule has 13 nitrogen and oxygen atoms in total. The van der Waals surface area contributed by atoms with Crippen molar-refractivity contribution >= 4 is 44.2 Å². The van der Waals surface area contributed by atoms with Crippen LogP contribution in [0.5, 0.6) is 11.8 Å². The largest absolute Gasteiger partial charge is 0.508 e. The van der Waals surface area contributed by atoms with Gasteiger partial charge in [-0.1, -0.05) is 6.07 Å². The Morgan fingerprint density at radius 1 is 1.25 bits per heavy atom. The van der Waals surface area contributed by atoms with E-state index >= 15 is 4.39 Å². The van der Waals surface area contributed by atoms with Gasteiger partial charge in [0.15, 0.2) is 0 Å². The van der Waals surface area contributed by atoms with E-state index in [1.54, 1.807) is 13.1 Å². The first-order chi connectivity index (χ1) is 24.7. The average Bonchev–Trinajstić information content (AvgIpc) is 3.83. The number of nitrogens with one attached hydrogen (secondary N) is 3. The smallest absolute Gasteiger partial charge is 0.349 e. The zero-order valence-corrected chi connectivity index (χ0v) is 28.0. The molecule has 4 aromatic heterocycles. The summed E-state index contributed by atoms with van der Waals surface area (Å²) in [4.78, 5) is 32.1. The highest BCUT2D eigenvalue weighted by atomic mass is 19.1. The van der Waals surface area contributed by atoms with E-state index < -0.39 is 17.6 Å². The zero-order valence-electron chi connectivity index (χ0n) is 28.0. The van der Waals surface area contributed by atoms with E-state index in [0.29, 0.717) is 35.5 Å². The average molecular weight is 698 g/mol. The fraction of sp³-hybridized carbons (Fsp3) is 0.278. The van der Waals surface area contributed by atoms with Gasteiger partial charge in [0, 0.05) is 65.2 Å². The predicted octanol–water partition coefficient (Wildman–Crippen LogP) is 4.97. The molecule has 0 spiro atoms. The Morgan fingerprint density at radius 3 is 2.88 bits per heavy atom. The maximum absolute atomic E-state index is 15.2. The summed E-state index contributed by atoms with van der Waals surface area (Å²) in [6.07, 6.45) is 7.56. The van der Waals surface area contributed by atoms with Crippen molar-refractivity contribution in [3.8, 4) is 23.1 Å². The Bertz CT molecular complexity index is 2350. The van der Waals surface area contributed by atoms with Gasteiger partial charge in [-0.05, 0) is 74.0 Å². The first-order valence-electron chi connectivity index (χ1n) is 16.5. The lowest BCUT2D eigenvalue weighted by Crippen LogP contribution is -2.22. The Hall–Kier alpha value is -5.80. The van der Waals surface area contributed by atoms with Crippen LogP contribution in [-0.4, -0.2) is 62.4 Å². The summed E-state index contributed by atoms with van der Waals surface area (Å²) in [6.45, 7) is 3.86. The maximum Gasteiger partial charge on any atom is 0.349 e. The Kier molecular flexibility index (Phi) is 9.14. The summed E-state index contributed by atoms with van der Waals surface area (Å²) in [6, 6.07) is 9.92. The molecule has 2 atom stereocenters. The number of aromatic nitrogens is 4. The highest BCUT2D eigenvalue weighted by Crippen LogP contribution is 2.40. The first kappa shape index (κ1) is 33.7. The second-order valence-corrected chi connectivity index (χ2v) is 12.6. The fourth-order valence-corrected chi connectivity index (χ4v) is 7.12. The van der Waals surface area contributed by atoms with Crippen molar-refractivity contribution in [2.24, 2.45) is 11.6 Å². The van der Waals surface area contributed by atoms with Crippen molar-refractivity contribution < 1.29 is 23.0 Å². The third kappa shape index (κ3) is 6.37. The van der Waals surface area contributed by atoms with Crippen LogP contribution in [0.15, 0.2) is 64.2 Å². The summed E-state index contributed by atoms with van der Waals surface area (Å²) < 4.78 is 39.0. The molecule has 0 aliphatic carbocycles. The topological polar surface area (TPSA) is 193 Å². The van der Waals surface area contributed by atoms with Gasteiger partial charge in [-0.25, -0.2) is 18.6 Å². The number of aromatic hydroxyl groups is 1. The number of nitrogens with zero attached hydrogens (tertiary/aromatic N) is 4. The van der Waals surface area contributed by atoms with E-state index in [9.17, 15) is 14.3 Å². The van der Waals surface area contributed by atoms with Crippen LogP contribution in [0.4, 0.5) is 14.6 Å². The van der Waals surface area contributed by atoms with E-state index in [1.807, 2.05) is 18.3 Å². The number of rotatable bonds is 7. The number of nitrogens with two attached hydrogens (primary N) is 2. The number of methoxy groups -OCH3 is 1. The minimum atomic E-state index is -0.752. The quantitative estimate of drug-likeness (QED) is 0.0971. The van der Waals surface area contributed by atoms with Gasteiger partial charge >= 0.3 is 11.6 Å². The van der Waals surface area contributed by atoms with Crippen LogP contribution >= 0.6 is 0 Å². The molecule has 2 aliphatic heterocycles. The van der Waals surface area contributed by atoms with Gasteiger partial charge in [0.1, 0.15) is 40.3 Å². The monoisotopic (exact) mass is 697 g/mol. The number of H-pyrrole nitrogens is 1. The number of phenolic OH excluding ortho intramolecular Hbond substituents is 1. The SMILES string of the molecule is COc1nc(NCc2c[nH]c3ncccc23)c2c(=O)oc(-c3cc(O)cc4ccc(F)c(/C(N)=C/NN)c34)c(C)c2n1.FC1CC2CCCN2C1. The van der Waals surface area contributed by atoms with E-state index in [2.05, 4.69) is 35.6 Å². The van der Waals surface area contributed by atoms with Gasteiger partial charge in [-0.2, -0.15) is 9.97 Å². The van der Waals surface area contributed by atoms with Crippen molar-refractivity contribution in [1.82, 2.24) is 30.3 Å². The Morgan fingerprint density at radius 2 is 2.10 bits per heavy atom. The number of anilines is 1. The molecule has 8 N–H and O–H groups in total. The second-order valence-electron chi connectivity index (χ2n) is 12.6. The number of hydrogen-bond donors (Lipinski definition) is 6. The molecular weight excluding hydrogens is 660 g/mol. The van der Waals surface area contributed by atoms with Crippen molar-refractivity contribution in [2.75, 3.05) is 25.5 Å². The molecule has 264 valence electrons. The standard InChI is InChI=1S/C29H25FN8O4.C7H12FN/c1-13-24-23(27(38-29(37-24)41-2)35-11-15-10-34-26-17(15)4-3-7-33-26)28(40)42-25(13)18-9-16(39)8-14-5-6-19(30)22(21(14)18)20(31)12-36-32;8-6-4-7-2-1-3-9(7)5-6/h3-10,12,36,39H,11,31-32H2,1-2H3,(H,33,34)(H,35,37,38);6-7H,1-5H2/b20-12-;. The minimum Gasteiger partial charge on any atom is -0.508 e. The number of alkyl halides is 1. The number of pyridine rings is 1. The van der Waals surface area contributed by atoms with Crippen molar-refractivity contribution in [1.29, 1.82) is 0 Å². The number of aromatic amines is 1. The van der Waals surface area contributed by atoms with Crippen LogP contribution in [-0.2, 0) is 6.54 Å². The number of fused-ring (bicyclic) bond motifs is 4. The minimum absolute atomic E-state index is 0.00343. The molecular formula is C36H37F2N9O4. The van der Waals surface area contributed by atoms with Gasteiger partial charge in [0.05, 0.1) is 18.3 Å². The molecule has 2 aromatic carbocycles. The molecule has 15 heteroatoms.